The van der Waals surface area contributed by atoms with Crippen molar-refractivity contribution >= 4 is 16.8 Å². The molecule has 0 unspecified atom stereocenters. The van der Waals surface area contributed by atoms with Crippen LogP contribution < -0.4 is 0 Å². The number of para-hydroxylation sites is 1. The zero-order valence-electron chi connectivity index (χ0n) is 5.53. The first-order valence-corrected chi connectivity index (χ1v) is 3.29. The molecule has 0 radical (unpaired) electrons. The first-order valence-electron chi connectivity index (χ1n) is 2.91. The number of phenols is 1. The summed E-state index contributed by atoms with van der Waals surface area (Å²) in [6.45, 7) is 0. The molecule has 3 nitrogen and oxygen atoms in total. The minimum atomic E-state index is -0.122. The second kappa shape index (κ2) is 3.25. The van der Waals surface area contributed by atoms with Crippen LogP contribution in [0.3, 0.4) is 0 Å². The van der Waals surface area contributed by atoms with Crippen molar-refractivity contribution in [3.63, 3.8) is 0 Å². The summed E-state index contributed by atoms with van der Waals surface area (Å²) in [5.41, 5.74) is 0.316. The molecule has 1 aromatic rings. The number of hydrogen-bond acceptors (Lipinski definition) is 3. The molecule has 0 amide bonds. The molecule has 1 aromatic carbocycles. The van der Waals surface area contributed by atoms with Crippen molar-refractivity contribution in [2.24, 2.45) is 5.16 Å². The maximum absolute atomic E-state index is 9.14. The van der Waals surface area contributed by atoms with Gasteiger partial charge in [0, 0.05) is 0 Å². The van der Waals surface area contributed by atoms with Crippen LogP contribution in [0.4, 0.5) is 0 Å². The number of oxime groups is 1. The van der Waals surface area contributed by atoms with Crippen LogP contribution in [0.2, 0.25) is 0 Å². The van der Waals surface area contributed by atoms with E-state index in [1.807, 2.05) is 0 Å². The van der Waals surface area contributed by atoms with E-state index in [-0.39, 0.29) is 10.9 Å². The molecule has 2 N–H and O–H groups in total. The number of benzene rings is 1. The molecule has 0 aliphatic carbocycles. The monoisotopic (exact) mass is 171 g/mol. The molecule has 0 bridgehead atoms. The number of rotatable bonds is 1. The van der Waals surface area contributed by atoms with Crippen molar-refractivity contribution in [1.29, 1.82) is 0 Å². The third-order valence-electron chi connectivity index (χ3n) is 1.21. The van der Waals surface area contributed by atoms with Gasteiger partial charge in [-0.25, -0.2) is 0 Å². The van der Waals surface area contributed by atoms with Crippen LogP contribution in [-0.2, 0) is 0 Å². The number of aromatic hydroxyl groups is 1. The molecule has 0 saturated carbocycles. The SMILES string of the molecule is O/N=C(\Cl)c1ccccc1O. The van der Waals surface area contributed by atoms with Gasteiger partial charge in [0.05, 0.1) is 5.56 Å². The smallest absolute Gasteiger partial charge is 0.179 e. The molecule has 0 fully saturated rings. The number of phenolic OH excluding ortho intramolecular Hbond substituents is 1. The van der Waals surface area contributed by atoms with Crippen molar-refractivity contribution in [2.75, 3.05) is 0 Å². The zero-order valence-corrected chi connectivity index (χ0v) is 6.28. The molecule has 58 valence electrons. The molecule has 4 heteroatoms. The minimum absolute atomic E-state index is 0.00435. The van der Waals surface area contributed by atoms with E-state index in [2.05, 4.69) is 5.16 Å². The number of halogens is 1. The summed E-state index contributed by atoms with van der Waals surface area (Å²) in [5.74, 6) is -0.00435. The third-order valence-corrected chi connectivity index (χ3v) is 1.49. The lowest BCUT2D eigenvalue weighted by molar-refractivity contribution is 0.320. The molecular weight excluding hydrogens is 166 g/mol. The first-order chi connectivity index (χ1) is 5.25. The quantitative estimate of drug-likeness (QED) is 0.384. The van der Waals surface area contributed by atoms with E-state index in [1.54, 1.807) is 18.2 Å². The van der Waals surface area contributed by atoms with E-state index >= 15 is 0 Å². The minimum Gasteiger partial charge on any atom is -0.507 e. The van der Waals surface area contributed by atoms with Gasteiger partial charge >= 0.3 is 0 Å². The maximum Gasteiger partial charge on any atom is 0.179 e. The van der Waals surface area contributed by atoms with Crippen molar-refractivity contribution in [1.82, 2.24) is 0 Å². The molecule has 11 heavy (non-hydrogen) atoms. The van der Waals surface area contributed by atoms with Gasteiger partial charge in [0.25, 0.3) is 0 Å². The summed E-state index contributed by atoms with van der Waals surface area (Å²) >= 11 is 5.44. The molecule has 0 spiro atoms. The van der Waals surface area contributed by atoms with Gasteiger partial charge in [0.1, 0.15) is 5.75 Å². The predicted molar refractivity (Wildman–Crippen MR) is 42.3 cm³/mol. The normalized spacial score (nSPS) is 11.5. The Hall–Kier alpha value is -1.22. The third kappa shape index (κ3) is 1.62. The second-order valence-corrected chi connectivity index (χ2v) is 2.27. The predicted octanol–water partition coefficient (Wildman–Crippen LogP) is 1.77. The van der Waals surface area contributed by atoms with Crippen LogP contribution in [0.5, 0.6) is 5.75 Å². The van der Waals surface area contributed by atoms with Crippen LogP contribution >= 0.6 is 11.6 Å². The first kappa shape index (κ1) is 7.88. The summed E-state index contributed by atoms with van der Waals surface area (Å²) in [6, 6.07) is 6.35. The highest BCUT2D eigenvalue weighted by molar-refractivity contribution is 6.69. The summed E-state index contributed by atoms with van der Waals surface area (Å²) in [5, 5.41) is 20.0. The van der Waals surface area contributed by atoms with E-state index in [4.69, 9.17) is 21.9 Å². The standard InChI is InChI=1S/C7H6ClNO2/c8-7(9-11)5-3-1-2-4-6(5)10/h1-4,10-11H/b9-7-. The number of nitrogens with zero attached hydrogens (tertiary/aromatic N) is 1. The van der Waals surface area contributed by atoms with Gasteiger partial charge in [-0.05, 0) is 12.1 Å². The van der Waals surface area contributed by atoms with E-state index in [1.165, 1.54) is 6.07 Å². The van der Waals surface area contributed by atoms with E-state index in [0.717, 1.165) is 0 Å². The van der Waals surface area contributed by atoms with Gasteiger partial charge in [-0.15, -0.1) is 0 Å². The van der Waals surface area contributed by atoms with E-state index < -0.39 is 0 Å². The maximum atomic E-state index is 9.14. The molecule has 0 saturated heterocycles. The fourth-order valence-corrected chi connectivity index (χ4v) is 0.862. The largest absolute Gasteiger partial charge is 0.507 e. The van der Waals surface area contributed by atoms with Crippen molar-refractivity contribution < 1.29 is 10.3 Å². The molecular formula is C7H6ClNO2. The highest BCUT2D eigenvalue weighted by Crippen LogP contribution is 2.17. The number of hydrogen-bond donors (Lipinski definition) is 2. The zero-order chi connectivity index (χ0) is 8.27. The summed E-state index contributed by atoms with van der Waals surface area (Å²) in [4.78, 5) is 0. The van der Waals surface area contributed by atoms with Gasteiger partial charge < -0.3 is 10.3 Å². The Morgan fingerprint density at radius 2 is 2.00 bits per heavy atom. The molecule has 0 atom stereocenters. The van der Waals surface area contributed by atoms with E-state index in [9.17, 15) is 0 Å². The van der Waals surface area contributed by atoms with Gasteiger partial charge in [-0.3, -0.25) is 0 Å². The van der Waals surface area contributed by atoms with Gasteiger partial charge in [-0.2, -0.15) is 0 Å². The fourth-order valence-electron chi connectivity index (χ4n) is 0.702. The van der Waals surface area contributed by atoms with Crippen LogP contribution in [0, 0.1) is 0 Å². The van der Waals surface area contributed by atoms with Crippen LogP contribution in [0.25, 0.3) is 0 Å². The molecule has 1 rings (SSSR count). The van der Waals surface area contributed by atoms with Crippen molar-refractivity contribution in [3.8, 4) is 5.75 Å². The summed E-state index contributed by atoms with van der Waals surface area (Å²) in [7, 11) is 0. The van der Waals surface area contributed by atoms with Gasteiger partial charge in [-0.1, -0.05) is 28.9 Å². The van der Waals surface area contributed by atoms with Crippen LogP contribution in [-0.4, -0.2) is 15.5 Å². The van der Waals surface area contributed by atoms with Crippen molar-refractivity contribution in [3.05, 3.63) is 29.8 Å². The lowest BCUT2D eigenvalue weighted by Gasteiger charge is -1.97. The van der Waals surface area contributed by atoms with Gasteiger partial charge in [0.15, 0.2) is 5.17 Å². The Morgan fingerprint density at radius 1 is 1.36 bits per heavy atom. The second-order valence-electron chi connectivity index (χ2n) is 1.91. The summed E-state index contributed by atoms with van der Waals surface area (Å²) < 4.78 is 0. The Labute approximate surface area is 68.5 Å². The van der Waals surface area contributed by atoms with Crippen LogP contribution in [0.15, 0.2) is 29.4 Å². The summed E-state index contributed by atoms with van der Waals surface area (Å²) in [6.07, 6.45) is 0. The van der Waals surface area contributed by atoms with Gasteiger partial charge in [0.2, 0.25) is 0 Å². The lowest BCUT2D eigenvalue weighted by atomic mass is 10.2. The molecule has 0 heterocycles. The molecule has 0 aliphatic heterocycles. The Kier molecular flexibility index (Phi) is 2.33. The molecule has 0 aromatic heterocycles. The topological polar surface area (TPSA) is 52.8 Å². The molecule has 0 aliphatic rings. The highest BCUT2D eigenvalue weighted by atomic mass is 35.5. The Bertz CT molecular complexity index is 286. The average molecular weight is 172 g/mol. The fraction of sp³-hybridized carbons (Fsp3) is 0. The lowest BCUT2D eigenvalue weighted by Crippen LogP contribution is -1.90. The highest BCUT2D eigenvalue weighted by Gasteiger charge is 2.04. The van der Waals surface area contributed by atoms with E-state index in [0.29, 0.717) is 5.56 Å². The van der Waals surface area contributed by atoms with Crippen LogP contribution in [0.1, 0.15) is 5.56 Å². The van der Waals surface area contributed by atoms with Crippen molar-refractivity contribution in [2.45, 2.75) is 0 Å². The Morgan fingerprint density at radius 3 is 2.55 bits per heavy atom. The Balaban J connectivity index is 3.14. The average Bonchev–Trinajstić information content (AvgIpc) is 2.04.